The monoisotopic (exact) mass is 621 g/mol. The first-order valence-corrected chi connectivity index (χ1v) is 15.5. The van der Waals surface area contributed by atoms with Gasteiger partial charge >= 0.3 is 0 Å². The Morgan fingerprint density at radius 3 is 1.87 bits per heavy atom. The van der Waals surface area contributed by atoms with Crippen LogP contribution in [0.25, 0.3) is 0 Å². The van der Waals surface area contributed by atoms with Gasteiger partial charge in [-0.3, -0.25) is 9.11 Å². The van der Waals surface area contributed by atoms with Crippen molar-refractivity contribution in [1.82, 2.24) is 0 Å². The van der Waals surface area contributed by atoms with Crippen LogP contribution in [-0.4, -0.2) is 61.9 Å². The Morgan fingerprint density at radius 2 is 1.45 bits per heavy atom. The molecule has 2 atom stereocenters. The fourth-order valence-electron chi connectivity index (χ4n) is 5.05. The summed E-state index contributed by atoms with van der Waals surface area (Å²) in [6.45, 7) is 4.21. The smallest absolute Gasteiger partial charge is 0.272 e. The minimum absolute atomic E-state index is 0.0512. The van der Waals surface area contributed by atoms with Gasteiger partial charge in [0.15, 0.2) is 0 Å². The van der Waals surface area contributed by atoms with Crippen molar-refractivity contribution in [2.24, 2.45) is 9.98 Å². The van der Waals surface area contributed by atoms with E-state index < -0.39 is 49.5 Å². The largest absolute Gasteiger partial charge is 0.346 e. The highest BCUT2D eigenvalue weighted by Crippen LogP contribution is 2.49. The highest BCUT2D eigenvalue weighted by Gasteiger charge is 2.59. The van der Waals surface area contributed by atoms with E-state index in [0.29, 0.717) is 24.5 Å². The quantitative estimate of drug-likeness (QED) is 0.421. The third-order valence-electron chi connectivity index (χ3n) is 6.54. The molecule has 4 rings (SSSR count). The highest BCUT2D eigenvalue weighted by atomic mass is 35.5. The van der Waals surface area contributed by atoms with Crippen LogP contribution in [0.3, 0.4) is 0 Å². The molecule has 0 bridgehead atoms. The van der Waals surface area contributed by atoms with E-state index in [1.807, 2.05) is 6.07 Å². The SMILES string of the molecule is CCN1c2cc(Cl)c(Cl)cc2N(CC)C1C1(C(CCS(=O)(=O)O)S(=O)(=O)O)N=c2cc(Cl)c(C#N)cc2=N1. The minimum atomic E-state index is -5.04. The second-order valence-electron chi connectivity index (χ2n) is 8.72. The standard InChI is InChI=1S/C22H22Cl3N5O6S2/c1-3-29-18-9-14(24)15(25)10-19(18)30(4-2)21(29)22(20(38(34,35)36)5-6-37(31,32)33)27-16-7-12(11-26)13(23)8-17(16)28-22/h7-10,20-21H,3-6H2,1-2H3,(H,31,32,33)(H,34,35,36). The molecule has 2 aliphatic rings. The average molecular weight is 623 g/mol. The molecule has 0 saturated carbocycles. The van der Waals surface area contributed by atoms with E-state index in [0.717, 1.165) is 0 Å². The van der Waals surface area contributed by atoms with E-state index in [9.17, 15) is 31.2 Å². The van der Waals surface area contributed by atoms with Crippen LogP contribution in [0.4, 0.5) is 11.4 Å². The average Bonchev–Trinajstić information content (AvgIpc) is 3.32. The van der Waals surface area contributed by atoms with Crippen molar-refractivity contribution in [3.8, 4) is 6.07 Å². The summed E-state index contributed by atoms with van der Waals surface area (Å²) in [7, 11) is -9.68. The van der Waals surface area contributed by atoms with Gasteiger partial charge in [-0.05, 0) is 44.5 Å². The van der Waals surface area contributed by atoms with Gasteiger partial charge in [0, 0.05) is 13.1 Å². The molecule has 0 aliphatic carbocycles. The van der Waals surface area contributed by atoms with Gasteiger partial charge in [0.2, 0.25) is 5.66 Å². The molecule has 0 aromatic heterocycles. The molecule has 0 saturated heterocycles. The molecule has 204 valence electrons. The zero-order chi connectivity index (χ0) is 28.2. The van der Waals surface area contributed by atoms with Crippen molar-refractivity contribution >= 4 is 66.4 Å². The summed E-state index contributed by atoms with van der Waals surface area (Å²) < 4.78 is 69.0. The number of nitrogens with zero attached hydrogens (tertiary/aromatic N) is 5. The van der Waals surface area contributed by atoms with Gasteiger partial charge < -0.3 is 9.80 Å². The first kappa shape index (κ1) is 28.8. The maximum Gasteiger partial charge on any atom is 0.272 e. The van der Waals surface area contributed by atoms with Gasteiger partial charge in [0.05, 0.1) is 48.5 Å². The Hall–Kier alpha value is -2.18. The fraction of sp³-hybridized carbons (Fsp3) is 0.409. The van der Waals surface area contributed by atoms with Gasteiger partial charge in [-0.15, -0.1) is 0 Å². The lowest BCUT2D eigenvalue weighted by molar-refractivity contribution is 0.304. The summed E-state index contributed by atoms with van der Waals surface area (Å²) in [6.07, 6.45) is -1.76. The lowest BCUT2D eigenvalue weighted by atomic mass is 9.99. The molecule has 2 aromatic carbocycles. The molecule has 0 spiro atoms. The number of benzene rings is 2. The van der Waals surface area contributed by atoms with Crippen LogP contribution in [-0.2, 0) is 20.2 Å². The van der Waals surface area contributed by atoms with Crippen molar-refractivity contribution in [1.29, 1.82) is 5.26 Å². The third kappa shape index (κ3) is 4.95. The molecule has 0 fully saturated rings. The van der Waals surface area contributed by atoms with Crippen molar-refractivity contribution in [2.75, 3.05) is 28.6 Å². The molecular formula is C22H22Cl3N5O6S2. The molecule has 2 unspecified atom stereocenters. The Balaban J connectivity index is 2.07. The van der Waals surface area contributed by atoms with Crippen LogP contribution in [0.15, 0.2) is 34.3 Å². The predicted octanol–water partition coefficient (Wildman–Crippen LogP) is 2.69. The van der Waals surface area contributed by atoms with Gasteiger partial charge in [-0.2, -0.15) is 22.1 Å². The highest BCUT2D eigenvalue weighted by molar-refractivity contribution is 7.87. The molecule has 11 nitrogen and oxygen atoms in total. The molecule has 2 heterocycles. The Kier molecular flexibility index (Phi) is 7.65. The number of fused-ring (bicyclic) bond motifs is 2. The molecular weight excluding hydrogens is 601 g/mol. The number of hydrogen-bond donors (Lipinski definition) is 2. The van der Waals surface area contributed by atoms with E-state index in [-0.39, 0.29) is 31.3 Å². The Labute approximate surface area is 234 Å². The number of likely N-dealkylation sites (N-methyl/N-ethyl adjacent to an activating group) is 2. The number of anilines is 2. The van der Waals surface area contributed by atoms with E-state index in [1.165, 1.54) is 12.1 Å². The lowest BCUT2D eigenvalue weighted by Crippen LogP contribution is -2.64. The van der Waals surface area contributed by atoms with Gasteiger partial charge in [0.25, 0.3) is 20.2 Å². The van der Waals surface area contributed by atoms with Crippen molar-refractivity contribution < 1.29 is 25.9 Å². The normalized spacial score (nSPS) is 19.9. The molecule has 2 aliphatic heterocycles. The van der Waals surface area contributed by atoms with E-state index in [2.05, 4.69) is 9.98 Å². The number of nitriles is 1. The van der Waals surface area contributed by atoms with Crippen LogP contribution >= 0.6 is 34.8 Å². The summed E-state index contributed by atoms with van der Waals surface area (Å²) in [6, 6.07) is 7.86. The molecule has 38 heavy (non-hydrogen) atoms. The molecule has 16 heteroatoms. The summed E-state index contributed by atoms with van der Waals surface area (Å²) in [4.78, 5) is 12.9. The molecule has 0 amide bonds. The second kappa shape index (κ2) is 10.1. The van der Waals surface area contributed by atoms with Gasteiger partial charge in [0.1, 0.15) is 17.5 Å². The number of hydrogen-bond acceptors (Lipinski definition) is 9. The summed E-state index contributed by atoms with van der Waals surface area (Å²) in [5, 5.41) is 8.36. The van der Waals surface area contributed by atoms with Crippen molar-refractivity contribution in [2.45, 2.75) is 37.3 Å². The molecule has 2 aromatic rings. The Morgan fingerprint density at radius 1 is 0.947 bits per heavy atom. The zero-order valence-electron chi connectivity index (χ0n) is 20.0. The lowest BCUT2D eigenvalue weighted by Gasteiger charge is -2.44. The van der Waals surface area contributed by atoms with E-state index in [1.54, 1.807) is 35.8 Å². The van der Waals surface area contributed by atoms with E-state index >= 15 is 0 Å². The van der Waals surface area contributed by atoms with Crippen LogP contribution < -0.4 is 20.5 Å². The first-order chi connectivity index (χ1) is 17.7. The van der Waals surface area contributed by atoms with Crippen LogP contribution in [0.2, 0.25) is 15.1 Å². The predicted molar refractivity (Wildman–Crippen MR) is 144 cm³/mol. The third-order valence-corrected chi connectivity index (χ3v) is 9.63. The van der Waals surface area contributed by atoms with Crippen LogP contribution in [0.1, 0.15) is 25.8 Å². The van der Waals surface area contributed by atoms with Gasteiger partial charge in [-0.1, -0.05) is 34.8 Å². The van der Waals surface area contributed by atoms with E-state index in [4.69, 9.17) is 34.8 Å². The minimum Gasteiger partial charge on any atom is -0.346 e. The zero-order valence-corrected chi connectivity index (χ0v) is 23.9. The van der Waals surface area contributed by atoms with Gasteiger partial charge in [-0.25, -0.2) is 9.98 Å². The fourth-order valence-corrected chi connectivity index (χ4v) is 7.33. The topological polar surface area (TPSA) is 164 Å². The molecule has 0 radical (unpaired) electrons. The van der Waals surface area contributed by atoms with Crippen LogP contribution in [0, 0.1) is 11.3 Å². The van der Waals surface area contributed by atoms with Crippen molar-refractivity contribution in [3.05, 3.63) is 55.6 Å². The summed E-state index contributed by atoms with van der Waals surface area (Å²) in [5.74, 6) is -0.986. The summed E-state index contributed by atoms with van der Waals surface area (Å²) in [5.41, 5.74) is -0.820. The summed E-state index contributed by atoms with van der Waals surface area (Å²) >= 11 is 18.8. The second-order valence-corrected chi connectivity index (χ2v) is 13.1. The Bertz CT molecular complexity index is 1660. The van der Waals surface area contributed by atoms with Crippen molar-refractivity contribution in [3.63, 3.8) is 0 Å². The molecule has 2 N–H and O–H groups in total. The maximum absolute atomic E-state index is 12.9. The maximum atomic E-state index is 12.9. The van der Waals surface area contributed by atoms with Crippen LogP contribution in [0.5, 0.6) is 0 Å². The number of rotatable bonds is 8. The number of halogens is 3. The first-order valence-electron chi connectivity index (χ1n) is 11.3.